The van der Waals surface area contributed by atoms with Crippen LogP contribution in [0.2, 0.25) is 5.02 Å². The van der Waals surface area contributed by atoms with Crippen molar-refractivity contribution in [3.63, 3.8) is 0 Å². The Morgan fingerprint density at radius 1 is 0.884 bits per heavy atom. The fraction of sp³-hybridized carbons (Fsp3) is 0.212. The molecule has 10 heteroatoms. The first-order chi connectivity index (χ1) is 20.6. The number of hydrogen-bond donors (Lipinski definition) is 1. The fourth-order valence-corrected chi connectivity index (χ4v) is 6.28. The quantitative estimate of drug-likeness (QED) is 0.234. The smallest absolute Gasteiger partial charge is 0.264 e. The van der Waals surface area contributed by atoms with Gasteiger partial charge >= 0.3 is 0 Å². The Labute approximate surface area is 257 Å². The molecule has 0 saturated heterocycles. The highest BCUT2D eigenvalue weighted by Crippen LogP contribution is 2.29. The molecule has 1 N–H and O–H groups in total. The number of amides is 2. The van der Waals surface area contributed by atoms with Gasteiger partial charge in [0.25, 0.3) is 10.0 Å². The number of sulfonamides is 1. The molecule has 0 aliphatic heterocycles. The third kappa shape index (κ3) is 7.74. The van der Waals surface area contributed by atoms with E-state index >= 15 is 0 Å². The molecule has 4 rings (SSSR count). The van der Waals surface area contributed by atoms with Crippen molar-refractivity contribution in [2.45, 2.75) is 30.8 Å². The van der Waals surface area contributed by atoms with Crippen molar-refractivity contribution in [2.24, 2.45) is 0 Å². The van der Waals surface area contributed by atoms with Crippen LogP contribution in [0.25, 0.3) is 0 Å². The molecule has 0 radical (unpaired) electrons. The highest BCUT2D eigenvalue weighted by Gasteiger charge is 2.34. The molecule has 0 heterocycles. The van der Waals surface area contributed by atoms with E-state index < -0.39 is 28.5 Å². The van der Waals surface area contributed by atoms with E-state index in [0.29, 0.717) is 16.3 Å². The van der Waals surface area contributed by atoms with Gasteiger partial charge in [0, 0.05) is 25.0 Å². The fourth-order valence-electron chi connectivity index (χ4n) is 4.67. The first-order valence-electron chi connectivity index (χ1n) is 13.7. The molecule has 2 amide bonds. The van der Waals surface area contributed by atoms with E-state index in [9.17, 15) is 18.0 Å². The zero-order valence-electron chi connectivity index (χ0n) is 24.2. The summed E-state index contributed by atoms with van der Waals surface area (Å²) in [6, 6.07) is 28.3. The van der Waals surface area contributed by atoms with Crippen LogP contribution in [-0.4, -0.2) is 51.9 Å². The number of carbonyl (C=O) groups is 2. The number of anilines is 1. The van der Waals surface area contributed by atoms with E-state index in [1.165, 1.54) is 30.1 Å². The summed E-state index contributed by atoms with van der Waals surface area (Å²) < 4.78 is 34.4. The third-order valence-electron chi connectivity index (χ3n) is 7.06. The lowest BCUT2D eigenvalue weighted by atomic mass is 10.0. The van der Waals surface area contributed by atoms with E-state index in [-0.39, 0.29) is 29.5 Å². The molecule has 0 saturated carbocycles. The molecule has 0 bridgehead atoms. The maximum absolute atomic E-state index is 14.3. The van der Waals surface area contributed by atoms with Crippen molar-refractivity contribution in [1.82, 2.24) is 10.2 Å². The van der Waals surface area contributed by atoms with Gasteiger partial charge < -0.3 is 15.0 Å². The standard InChI is InChI=1S/C33H34ClN3O5S/c1-24-17-18-27(21-30(24)34)37(43(40,41)29-15-8-5-9-16-29)23-32(38)36(22-26-13-10-14-28(19-26)42-3)31(33(39)35-2)20-25-11-6-4-7-12-25/h4-19,21,31H,20,22-23H2,1-3H3,(H,35,39)/t31-/m0/s1. The van der Waals surface area contributed by atoms with Crippen LogP contribution in [0, 0.1) is 6.92 Å². The molecular formula is C33H34ClN3O5S. The molecule has 4 aromatic carbocycles. The van der Waals surface area contributed by atoms with Crippen LogP contribution in [0.3, 0.4) is 0 Å². The highest BCUT2D eigenvalue weighted by molar-refractivity contribution is 7.92. The average Bonchev–Trinajstić information content (AvgIpc) is 3.03. The number of likely N-dealkylation sites (N-methyl/N-ethyl adjacent to an activating group) is 1. The van der Waals surface area contributed by atoms with Gasteiger partial charge in [-0.2, -0.15) is 0 Å². The summed E-state index contributed by atoms with van der Waals surface area (Å²) in [5.41, 5.74) is 2.55. The second-order valence-corrected chi connectivity index (χ2v) is 12.2. The number of methoxy groups -OCH3 is 1. The highest BCUT2D eigenvalue weighted by atomic mass is 35.5. The number of aryl methyl sites for hydroxylation is 1. The first kappa shape index (κ1) is 31.6. The summed E-state index contributed by atoms with van der Waals surface area (Å²) in [6.45, 7) is 1.28. The molecule has 224 valence electrons. The third-order valence-corrected chi connectivity index (χ3v) is 9.25. The van der Waals surface area contributed by atoms with Crippen LogP contribution in [0.5, 0.6) is 5.75 Å². The minimum atomic E-state index is -4.20. The summed E-state index contributed by atoms with van der Waals surface area (Å²) in [5.74, 6) is -0.355. The van der Waals surface area contributed by atoms with Crippen LogP contribution >= 0.6 is 11.6 Å². The summed E-state index contributed by atoms with van der Waals surface area (Å²) in [4.78, 5) is 29.1. The van der Waals surface area contributed by atoms with Gasteiger partial charge in [-0.05, 0) is 60.0 Å². The molecule has 43 heavy (non-hydrogen) atoms. The molecule has 0 aliphatic carbocycles. The van der Waals surface area contributed by atoms with Gasteiger partial charge in [0.2, 0.25) is 11.8 Å². The number of rotatable bonds is 12. The van der Waals surface area contributed by atoms with Crippen LogP contribution in [0.15, 0.2) is 108 Å². The Bertz CT molecular complexity index is 1670. The molecule has 0 aromatic heterocycles. The minimum absolute atomic E-state index is 0.0194. The first-order valence-corrected chi connectivity index (χ1v) is 15.5. The predicted molar refractivity (Wildman–Crippen MR) is 169 cm³/mol. The average molecular weight is 620 g/mol. The number of benzene rings is 4. The van der Waals surface area contributed by atoms with Crippen molar-refractivity contribution in [3.8, 4) is 5.75 Å². The van der Waals surface area contributed by atoms with Crippen molar-refractivity contribution in [2.75, 3.05) is 25.0 Å². The summed E-state index contributed by atoms with van der Waals surface area (Å²) in [7, 11) is -1.15. The van der Waals surface area contributed by atoms with E-state index in [1.807, 2.05) is 36.4 Å². The Kier molecular flexibility index (Phi) is 10.4. The Morgan fingerprint density at radius 2 is 1.53 bits per heavy atom. The summed E-state index contributed by atoms with van der Waals surface area (Å²) in [6.07, 6.45) is 0.220. The number of hydrogen-bond acceptors (Lipinski definition) is 5. The lowest BCUT2D eigenvalue weighted by Gasteiger charge is -2.33. The van der Waals surface area contributed by atoms with Crippen molar-refractivity contribution >= 4 is 39.1 Å². The molecular weight excluding hydrogens is 586 g/mol. The van der Waals surface area contributed by atoms with Gasteiger partial charge in [0.15, 0.2) is 0 Å². The van der Waals surface area contributed by atoms with E-state index in [4.69, 9.17) is 16.3 Å². The monoisotopic (exact) mass is 619 g/mol. The Hall–Kier alpha value is -4.34. The second-order valence-electron chi connectivity index (χ2n) is 9.95. The van der Waals surface area contributed by atoms with Gasteiger partial charge in [0.1, 0.15) is 18.3 Å². The van der Waals surface area contributed by atoms with Crippen molar-refractivity contribution < 1.29 is 22.7 Å². The van der Waals surface area contributed by atoms with Gasteiger partial charge in [-0.15, -0.1) is 0 Å². The number of nitrogens with zero attached hydrogens (tertiary/aromatic N) is 2. The maximum Gasteiger partial charge on any atom is 0.264 e. The number of carbonyl (C=O) groups excluding carboxylic acids is 2. The van der Waals surface area contributed by atoms with Crippen molar-refractivity contribution in [3.05, 3.63) is 125 Å². The van der Waals surface area contributed by atoms with Crippen LogP contribution in [0.1, 0.15) is 16.7 Å². The molecule has 8 nitrogen and oxygen atoms in total. The van der Waals surface area contributed by atoms with E-state index in [1.54, 1.807) is 62.6 Å². The van der Waals surface area contributed by atoms with Gasteiger partial charge in [0.05, 0.1) is 17.7 Å². The topological polar surface area (TPSA) is 96.0 Å². The van der Waals surface area contributed by atoms with Crippen molar-refractivity contribution in [1.29, 1.82) is 0 Å². The van der Waals surface area contributed by atoms with Crippen LogP contribution in [0.4, 0.5) is 5.69 Å². The number of nitrogens with one attached hydrogen (secondary N) is 1. The van der Waals surface area contributed by atoms with Crippen LogP contribution < -0.4 is 14.4 Å². The molecule has 1 atom stereocenters. The molecule has 0 unspecified atom stereocenters. The minimum Gasteiger partial charge on any atom is -0.497 e. The Morgan fingerprint density at radius 3 is 2.16 bits per heavy atom. The number of halogens is 1. The van der Waals surface area contributed by atoms with E-state index in [2.05, 4.69) is 5.32 Å². The normalized spacial score (nSPS) is 11.8. The molecule has 0 aliphatic rings. The maximum atomic E-state index is 14.3. The van der Waals surface area contributed by atoms with Gasteiger partial charge in [-0.25, -0.2) is 8.42 Å². The zero-order chi connectivity index (χ0) is 31.0. The molecule has 4 aromatic rings. The summed E-state index contributed by atoms with van der Waals surface area (Å²) in [5, 5.41) is 3.04. The van der Waals surface area contributed by atoms with Crippen LogP contribution in [-0.2, 0) is 32.6 Å². The lowest BCUT2D eigenvalue weighted by molar-refractivity contribution is -0.139. The molecule has 0 fully saturated rings. The van der Waals surface area contributed by atoms with Gasteiger partial charge in [-0.1, -0.05) is 78.3 Å². The lowest BCUT2D eigenvalue weighted by Crippen LogP contribution is -2.53. The zero-order valence-corrected chi connectivity index (χ0v) is 25.8. The second kappa shape index (κ2) is 14.2. The Balaban J connectivity index is 1.80. The predicted octanol–water partition coefficient (Wildman–Crippen LogP) is 5.24. The van der Waals surface area contributed by atoms with E-state index in [0.717, 1.165) is 15.4 Å². The molecule has 0 spiro atoms. The largest absolute Gasteiger partial charge is 0.497 e. The van der Waals surface area contributed by atoms with Gasteiger partial charge in [-0.3, -0.25) is 13.9 Å². The number of ether oxygens (including phenoxy) is 1. The SMILES string of the molecule is CNC(=O)[C@H](Cc1ccccc1)N(Cc1cccc(OC)c1)C(=O)CN(c1ccc(C)c(Cl)c1)S(=O)(=O)c1ccccc1. The summed E-state index contributed by atoms with van der Waals surface area (Å²) >= 11 is 6.41.